The van der Waals surface area contributed by atoms with Gasteiger partial charge in [0.25, 0.3) is 0 Å². The molecule has 1 fully saturated rings. The molecule has 1 aliphatic carbocycles. The summed E-state index contributed by atoms with van der Waals surface area (Å²) >= 11 is 5.45. The molecule has 0 radical (unpaired) electrons. The third-order valence-corrected chi connectivity index (χ3v) is 5.95. The summed E-state index contributed by atoms with van der Waals surface area (Å²) in [7, 11) is 2.03. The van der Waals surface area contributed by atoms with E-state index < -0.39 is 0 Å². The fraction of sp³-hybridized carbons (Fsp3) is 0.375. The minimum Gasteiger partial charge on any atom is -0.309 e. The van der Waals surface area contributed by atoms with E-state index >= 15 is 0 Å². The summed E-state index contributed by atoms with van der Waals surface area (Å²) < 4.78 is 1.20. The lowest BCUT2D eigenvalue weighted by molar-refractivity contribution is 0.419. The zero-order valence-electron chi connectivity index (χ0n) is 11.0. The molecule has 1 unspecified atom stereocenters. The minimum atomic E-state index is 0.286. The molecule has 3 rings (SSSR count). The molecule has 1 atom stereocenters. The highest BCUT2D eigenvalue weighted by atomic mass is 79.9. The Hall–Kier alpha value is -0.640. The summed E-state index contributed by atoms with van der Waals surface area (Å²) in [5.41, 5.74) is 2.88. The molecule has 1 aliphatic rings. The summed E-state index contributed by atoms with van der Waals surface area (Å²) in [6.07, 6.45) is 4.10. The highest BCUT2D eigenvalue weighted by Gasteiger charge is 2.21. The third kappa shape index (κ3) is 2.64. The zero-order chi connectivity index (χ0) is 13.2. The van der Waals surface area contributed by atoms with Crippen LogP contribution < -0.4 is 5.32 Å². The molecule has 0 amide bonds. The van der Waals surface area contributed by atoms with E-state index in [-0.39, 0.29) is 6.04 Å². The highest BCUT2D eigenvalue weighted by molar-refractivity contribution is 9.10. The summed E-state index contributed by atoms with van der Waals surface area (Å²) in [5, 5.41) is 5.58. The number of rotatable bonds is 4. The molecule has 0 bridgehead atoms. The van der Waals surface area contributed by atoms with Crippen LogP contribution in [0.2, 0.25) is 0 Å². The second kappa shape index (κ2) is 5.78. The van der Waals surface area contributed by atoms with Crippen LogP contribution in [-0.4, -0.2) is 7.05 Å². The van der Waals surface area contributed by atoms with Gasteiger partial charge in [-0.25, -0.2) is 0 Å². The van der Waals surface area contributed by atoms with Gasteiger partial charge in [0.15, 0.2) is 0 Å². The molecule has 2 aromatic rings. The van der Waals surface area contributed by atoms with Gasteiger partial charge in [0.1, 0.15) is 0 Å². The van der Waals surface area contributed by atoms with E-state index in [1.54, 1.807) is 11.3 Å². The standard InChI is InChI=1S/C16H18BrNS/c1-18-15(16-14(17)8-9-19-16)13-7-3-6-12(10-13)11-4-2-5-11/h3,6-11,15,18H,2,4-5H2,1H3. The van der Waals surface area contributed by atoms with Crippen LogP contribution in [-0.2, 0) is 0 Å². The number of hydrogen-bond acceptors (Lipinski definition) is 2. The van der Waals surface area contributed by atoms with E-state index in [4.69, 9.17) is 0 Å². The predicted molar refractivity (Wildman–Crippen MR) is 86.0 cm³/mol. The van der Waals surface area contributed by atoms with Gasteiger partial charge < -0.3 is 5.32 Å². The van der Waals surface area contributed by atoms with Crippen molar-refractivity contribution < 1.29 is 0 Å². The van der Waals surface area contributed by atoms with Crippen molar-refractivity contribution in [3.05, 3.63) is 56.2 Å². The highest BCUT2D eigenvalue weighted by Crippen LogP contribution is 2.38. The molecule has 0 aliphatic heterocycles. The van der Waals surface area contributed by atoms with Gasteiger partial charge in [0.2, 0.25) is 0 Å². The number of nitrogens with one attached hydrogen (secondary N) is 1. The average Bonchev–Trinajstić information content (AvgIpc) is 2.75. The zero-order valence-corrected chi connectivity index (χ0v) is 13.4. The molecule has 1 heterocycles. The number of halogens is 1. The lowest BCUT2D eigenvalue weighted by Gasteiger charge is -2.27. The monoisotopic (exact) mass is 335 g/mol. The molecule has 1 nitrogen and oxygen atoms in total. The maximum atomic E-state index is 3.65. The van der Waals surface area contributed by atoms with Crippen molar-refractivity contribution in [2.45, 2.75) is 31.2 Å². The van der Waals surface area contributed by atoms with Gasteiger partial charge in [0.05, 0.1) is 6.04 Å². The molecule has 1 aromatic carbocycles. The second-order valence-electron chi connectivity index (χ2n) is 5.15. The van der Waals surface area contributed by atoms with Crippen molar-refractivity contribution in [3.63, 3.8) is 0 Å². The molecule has 100 valence electrons. The van der Waals surface area contributed by atoms with Crippen molar-refractivity contribution in [2.24, 2.45) is 0 Å². The Labute approximate surface area is 127 Å². The molecule has 3 heteroatoms. The Morgan fingerprint density at radius 3 is 2.74 bits per heavy atom. The quantitative estimate of drug-likeness (QED) is 0.820. The largest absolute Gasteiger partial charge is 0.309 e. The Bertz CT molecular complexity index is 559. The third-order valence-electron chi connectivity index (χ3n) is 4.02. The molecule has 1 N–H and O–H groups in total. The molecule has 19 heavy (non-hydrogen) atoms. The van der Waals surface area contributed by atoms with Crippen molar-refractivity contribution in [1.29, 1.82) is 0 Å². The molecule has 0 saturated heterocycles. The Balaban J connectivity index is 1.93. The van der Waals surface area contributed by atoms with Gasteiger partial charge in [-0.2, -0.15) is 0 Å². The lowest BCUT2D eigenvalue weighted by Crippen LogP contribution is -2.17. The van der Waals surface area contributed by atoms with Gasteiger partial charge >= 0.3 is 0 Å². The van der Waals surface area contributed by atoms with Gasteiger partial charge in [-0.1, -0.05) is 30.7 Å². The van der Waals surface area contributed by atoms with E-state index in [9.17, 15) is 0 Å². The van der Waals surface area contributed by atoms with Crippen LogP contribution in [0.4, 0.5) is 0 Å². The summed E-state index contributed by atoms with van der Waals surface area (Å²) in [6.45, 7) is 0. The number of thiophene rings is 1. The van der Waals surface area contributed by atoms with Crippen LogP contribution in [0.1, 0.15) is 47.2 Å². The SMILES string of the molecule is CNC(c1cccc(C2CCC2)c1)c1sccc1Br. The first kappa shape index (κ1) is 13.3. The molecule has 1 aromatic heterocycles. The first-order valence-corrected chi connectivity index (χ1v) is 8.47. The van der Waals surface area contributed by atoms with Crippen molar-refractivity contribution in [2.75, 3.05) is 7.05 Å². The van der Waals surface area contributed by atoms with Crippen LogP contribution in [0.15, 0.2) is 40.2 Å². The van der Waals surface area contributed by atoms with Gasteiger partial charge in [0, 0.05) is 9.35 Å². The fourth-order valence-electron chi connectivity index (χ4n) is 2.69. The minimum absolute atomic E-state index is 0.286. The molecule has 0 spiro atoms. The normalized spacial score (nSPS) is 17.2. The van der Waals surface area contributed by atoms with Crippen LogP contribution >= 0.6 is 27.3 Å². The van der Waals surface area contributed by atoms with E-state index in [0.717, 1.165) is 5.92 Å². The Kier molecular flexibility index (Phi) is 4.06. The molecular formula is C16H18BrNS. The van der Waals surface area contributed by atoms with Crippen molar-refractivity contribution >= 4 is 27.3 Å². The summed E-state index contributed by atoms with van der Waals surface area (Å²) in [5.74, 6) is 0.796. The maximum Gasteiger partial charge on any atom is 0.0680 e. The van der Waals surface area contributed by atoms with Gasteiger partial charge in [-0.3, -0.25) is 0 Å². The fourth-order valence-corrected chi connectivity index (χ4v) is 4.43. The van der Waals surface area contributed by atoms with Crippen molar-refractivity contribution in [3.8, 4) is 0 Å². The van der Waals surface area contributed by atoms with Crippen molar-refractivity contribution in [1.82, 2.24) is 5.32 Å². The van der Waals surface area contributed by atoms with Crippen LogP contribution in [0.5, 0.6) is 0 Å². The van der Waals surface area contributed by atoms with Gasteiger partial charge in [-0.05, 0) is 64.3 Å². The van der Waals surface area contributed by atoms with E-state index in [1.165, 1.54) is 39.7 Å². The smallest absolute Gasteiger partial charge is 0.0680 e. The number of benzene rings is 1. The van der Waals surface area contributed by atoms with E-state index in [2.05, 4.69) is 57.0 Å². The van der Waals surface area contributed by atoms with Crippen LogP contribution in [0, 0.1) is 0 Å². The molecular weight excluding hydrogens is 318 g/mol. The average molecular weight is 336 g/mol. The van der Waals surface area contributed by atoms with E-state index in [0.29, 0.717) is 0 Å². The first-order chi connectivity index (χ1) is 9.29. The Morgan fingerprint density at radius 1 is 1.32 bits per heavy atom. The van der Waals surface area contributed by atoms with Crippen LogP contribution in [0.3, 0.4) is 0 Å². The predicted octanol–water partition coefficient (Wildman–Crippen LogP) is 5.09. The summed E-state index contributed by atoms with van der Waals surface area (Å²) in [4.78, 5) is 1.35. The maximum absolute atomic E-state index is 3.65. The lowest BCUT2D eigenvalue weighted by atomic mass is 9.79. The van der Waals surface area contributed by atoms with Gasteiger partial charge in [-0.15, -0.1) is 11.3 Å². The van der Waals surface area contributed by atoms with Crippen LogP contribution in [0.25, 0.3) is 0 Å². The summed E-state index contributed by atoms with van der Waals surface area (Å²) in [6, 6.07) is 11.5. The first-order valence-electron chi connectivity index (χ1n) is 6.79. The number of hydrogen-bond donors (Lipinski definition) is 1. The molecule has 1 saturated carbocycles. The Morgan fingerprint density at radius 2 is 2.16 bits per heavy atom. The van der Waals surface area contributed by atoms with E-state index in [1.807, 2.05) is 7.05 Å². The topological polar surface area (TPSA) is 12.0 Å². The second-order valence-corrected chi connectivity index (χ2v) is 6.95.